The summed E-state index contributed by atoms with van der Waals surface area (Å²) in [7, 11) is 0. The van der Waals surface area contributed by atoms with Gasteiger partial charge in [0, 0.05) is 13.1 Å². The van der Waals surface area contributed by atoms with Gasteiger partial charge in [0.05, 0.1) is 0 Å². The van der Waals surface area contributed by atoms with Crippen LogP contribution in [0.4, 0.5) is 0 Å². The normalized spacial score (nSPS) is 10.7. The van der Waals surface area contributed by atoms with E-state index in [4.69, 9.17) is 0 Å². The van der Waals surface area contributed by atoms with Crippen LogP contribution >= 0.6 is 12.8 Å². The van der Waals surface area contributed by atoms with Gasteiger partial charge < -0.3 is 0 Å². The van der Waals surface area contributed by atoms with E-state index in [9.17, 15) is 0 Å². The molecule has 0 atom stereocenters. The standard InChI is InChI=1S/C7H17NS/c1-3-5-7-8(9)6-4-2/h9H,3-7H2,1-2H3. The molecule has 56 valence electrons. The van der Waals surface area contributed by atoms with Crippen LogP contribution in [0.5, 0.6) is 0 Å². The van der Waals surface area contributed by atoms with Crippen molar-refractivity contribution in [1.82, 2.24) is 4.31 Å². The van der Waals surface area contributed by atoms with Crippen molar-refractivity contribution in [3.05, 3.63) is 0 Å². The molecule has 0 spiro atoms. The third-order valence-electron chi connectivity index (χ3n) is 1.25. The summed E-state index contributed by atoms with van der Waals surface area (Å²) in [6, 6.07) is 0. The van der Waals surface area contributed by atoms with Crippen LogP contribution in [0.3, 0.4) is 0 Å². The molecule has 0 unspecified atom stereocenters. The molecule has 0 fully saturated rings. The molecule has 0 N–H and O–H groups in total. The Hall–Kier alpha value is 0.310. The number of unbranched alkanes of at least 4 members (excludes halogenated alkanes) is 1. The molecular weight excluding hydrogens is 130 g/mol. The van der Waals surface area contributed by atoms with Crippen LogP contribution in [0.1, 0.15) is 33.1 Å². The van der Waals surface area contributed by atoms with Crippen molar-refractivity contribution in [2.75, 3.05) is 13.1 Å². The van der Waals surface area contributed by atoms with Crippen LogP contribution in [0.15, 0.2) is 0 Å². The second kappa shape index (κ2) is 6.43. The van der Waals surface area contributed by atoms with Crippen LogP contribution in [0, 0.1) is 0 Å². The Morgan fingerprint density at radius 3 is 2.22 bits per heavy atom. The minimum absolute atomic E-state index is 1.11. The molecule has 0 radical (unpaired) electrons. The van der Waals surface area contributed by atoms with E-state index < -0.39 is 0 Å². The van der Waals surface area contributed by atoms with E-state index in [2.05, 4.69) is 31.0 Å². The smallest absolute Gasteiger partial charge is 0.00868 e. The van der Waals surface area contributed by atoms with E-state index in [1.54, 1.807) is 0 Å². The summed E-state index contributed by atoms with van der Waals surface area (Å²) in [5.41, 5.74) is 0. The Labute approximate surface area is 64.0 Å². The van der Waals surface area contributed by atoms with E-state index in [0.717, 1.165) is 13.1 Å². The van der Waals surface area contributed by atoms with E-state index in [0.29, 0.717) is 0 Å². The average molecular weight is 147 g/mol. The fourth-order valence-electron chi connectivity index (χ4n) is 0.711. The lowest BCUT2D eigenvalue weighted by Crippen LogP contribution is -2.13. The molecule has 2 heteroatoms. The topological polar surface area (TPSA) is 3.24 Å². The first-order valence-electron chi connectivity index (χ1n) is 3.75. The van der Waals surface area contributed by atoms with Crippen LogP contribution in [-0.2, 0) is 0 Å². The lowest BCUT2D eigenvalue weighted by Gasteiger charge is -2.12. The van der Waals surface area contributed by atoms with E-state index in [1.165, 1.54) is 19.3 Å². The molecular formula is C7H17NS. The van der Waals surface area contributed by atoms with Gasteiger partial charge in [-0.2, -0.15) is 0 Å². The van der Waals surface area contributed by atoms with E-state index in [1.807, 2.05) is 0 Å². The van der Waals surface area contributed by atoms with Gasteiger partial charge in [-0.15, -0.1) is 0 Å². The van der Waals surface area contributed by atoms with Gasteiger partial charge in [0.1, 0.15) is 0 Å². The Kier molecular flexibility index (Phi) is 6.65. The number of nitrogens with zero attached hydrogens (tertiary/aromatic N) is 1. The maximum Gasteiger partial charge on any atom is 0.00868 e. The highest BCUT2D eigenvalue weighted by Gasteiger charge is 1.93. The van der Waals surface area contributed by atoms with Crippen molar-refractivity contribution in [1.29, 1.82) is 0 Å². The summed E-state index contributed by atoms with van der Waals surface area (Å²) in [4.78, 5) is 0. The molecule has 0 bridgehead atoms. The lowest BCUT2D eigenvalue weighted by atomic mass is 10.3. The number of rotatable bonds is 5. The first-order valence-corrected chi connectivity index (χ1v) is 4.15. The zero-order chi connectivity index (χ0) is 7.11. The second-order valence-electron chi connectivity index (χ2n) is 2.31. The molecule has 9 heavy (non-hydrogen) atoms. The van der Waals surface area contributed by atoms with Crippen molar-refractivity contribution < 1.29 is 0 Å². The minimum atomic E-state index is 1.11. The Morgan fingerprint density at radius 2 is 1.78 bits per heavy atom. The van der Waals surface area contributed by atoms with Crippen molar-refractivity contribution in [2.45, 2.75) is 33.1 Å². The summed E-state index contributed by atoms with van der Waals surface area (Å²) < 4.78 is 2.09. The Bertz CT molecular complexity index is 56.9. The maximum absolute atomic E-state index is 4.28. The first-order chi connectivity index (χ1) is 4.31. The Morgan fingerprint density at radius 1 is 1.11 bits per heavy atom. The van der Waals surface area contributed by atoms with Gasteiger partial charge >= 0.3 is 0 Å². The lowest BCUT2D eigenvalue weighted by molar-refractivity contribution is 0.460. The third-order valence-corrected chi connectivity index (χ3v) is 1.65. The van der Waals surface area contributed by atoms with Gasteiger partial charge in [-0.3, -0.25) is 4.31 Å². The molecule has 0 aromatic rings. The molecule has 0 saturated heterocycles. The number of hydrogen-bond donors (Lipinski definition) is 1. The molecule has 1 nitrogen and oxygen atoms in total. The van der Waals surface area contributed by atoms with Gasteiger partial charge in [-0.25, -0.2) is 0 Å². The summed E-state index contributed by atoms with van der Waals surface area (Å²) in [6.45, 7) is 6.62. The van der Waals surface area contributed by atoms with Gasteiger partial charge in [0.2, 0.25) is 0 Å². The monoisotopic (exact) mass is 147 g/mol. The van der Waals surface area contributed by atoms with Crippen LogP contribution < -0.4 is 0 Å². The van der Waals surface area contributed by atoms with Gasteiger partial charge in [0.15, 0.2) is 0 Å². The molecule has 0 aliphatic rings. The quantitative estimate of drug-likeness (QED) is 0.584. The Balaban J connectivity index is 2.95. The summed E-state index contributed by atoms with van der Waals surface area (Å²) in [6.07, 6.45) is 3.73. The third kappa shape index (κ3) is 6.19. The molecule has 0 saturated carbocycles. The van der Waals surface area contributed by atoms with Gasteiger partial charge in [-0.1, -0.05) is 33.1 Å². The molecule has 0 aliphatic heterocycles. The first kappa shape index (κ1) is 9.31. The van der Waals surface area contributed by atoms with Crippen LogP contribution in [-0.4, -0.2) is 17.4 Å². The maximum atomic E-state index is 4.28. The highest BCUT2D eigenvalue weighted by Crippen LogP contribution is 1.98. The van der Waals surface area contributed by atoms with Gasteiger partial charge in [-0.05, 0) is 12.8 Å². The zero-order valence-corrected chi connectivity index (χ0v) is 7.32. The number of thiol groups is 1. The number of hydrogen-bond acceptors (Lipinski definition) is 2. The van der Waals surface area contributed by atoms with Crippen molar-refractivity contribution in [3.63, 3.8) is 0 Å². The predicted molar refractivity (Wildman–Crippen MR) is 45.8 cm³/mol. The molecule has 0 aromatic heterocycles. The SMILES string of the molecule is CCCCN(S)CCC. The van der Waals surface area contributed by atoms with Crippen molar-refractivity contribution >= 4 is 12.8 Å². The van der Waals surface area contributed by atoms with Crippen molar-refractivity contribution in [2.24, 2.45) is 0 Å². The molecule has 0 heterocycles. The van der Waals surface area contributed by atoms with Gasteiger partial charge in [0.25, 0.3) is 0 Å². The van der Waals surface area contributed by atoms with E-state index >= 15 is 0 Å². The molecule has 0 amide bonds. The molecule has 0 aliphatic carbocycles. The fraction of sp³-hybridized carbons (Fsp3) is 1.00. The van der Waals surface area contributed by atoms with E-state index in [-0.39, 0.29) is 0 Å². The highest BCUT2D eigenvalue weighted by molar-refractivity contribution is 7.77. The summed E-state index contributed by atoms with van der Waals surface area (Å²) >= 11 is 4.28. The zero-order valence-electron chi connectivity index (χ0n) is 6.43. The average Bonchev–Trinajstić information content (AvgIpc) is 1.85. The largest absolute Gasteiger partial charge is 0.253 e. The fourth-order valence-corrected chi connectivity index (χ4v) is 1.05. The molecule has 0 rings (SSSR count). The highest BCUT2D eigenvalue weighted by atomic mass is 32.1. The molecule has 0 aromatic carbocycles. The van der Waals surface area contributed by atoms with Crippen molar-refractivity contribution in [3.8, 4) is 0 Å². The van der Waals surface area contributed by atoms with Crippen LogP contribution in [0.25, 0.3) is 0 Å². The predicted octanol–water partition coefficient (Wildman–Crippen LogP) is 2.34. The van der Waals surface area contributed by atoms with Crippen LogP contribution in [0.2, 0.25) is 0 Å². The second-order valence-corrected chi connectivity index (χ2v) is 2.87. The summed E-state index contributed by atoms with van der Waals surface area (Å²) in [5.74, 6) is 0. The summed E-state index contributed by atoms with van der Waals surface area (Å²) in [5, 5.41) is 0. The minimum Gasteiger partial charge on any atom is -0.253 e.